The Bertz CT molecular complexity index is 481. The fourth-order valence-electron chi connectivity index (χ4n) is 2.66. The predicted molar refractivity (Wildman–Crippen MR) is 74.3 cm³/mol. The van der Waals surface area contributed by atoms with Crippen molar-refractivity contribution in [2.45, 2.75) is 32.4 Å². The van der Waals surface area contributed by atoms with Crippen molar-refractivity contribution in [2.24, 2.45) is 5.92 Å². The van der Waals surface area contributed by atoms with Crippen LogP contribution in [0.4, 0.5) is 4.39 Å². The third-order valence-electron chi connectivity index (χ3n) is 3.84. The first-order chi connectivity index (χ1) is 9.00. The lowest BCUT2D eigenvalue weighted by Gasteiger charge is -2.37. The number of piperidine rings is 1. The summed E-state index contributed by atoms with van der Waals surface area (Å²) >= 11 is 3.17. The number of likely N-dealkylation sites (tertiary alicyclic amines) is 1. The van der Waals surface area contributed by atoms with Crippen molar-refractivity contribution in [3.05, 3.63) is 34.1 Å². The van der Waals surface area contributed by atoms with Gasteiger partial charge >= 0.3 is 5.97 Å². The minimum atomic E-state index is -0.757. The van der Waals surface area contributed by atoms with Gasteiger partial charge in [-0.15, -0.1) is 0 Å². The second-order valence-corrected chi connectivity index (χ2v) is 5.87. The van der Waals surface area contributed by atoms with Crippen molar-refractivity contribution in [1.82, 2.24) is 4.90 Å². The molecule has 5 heteroatoms. The van der Waals surface area contributed by atoms with Gasteiger partial charge in [-0.2, -0.15) is 0 Å². The average molecular weight is 330 g/mol. The highest BCUT2D eigenvalue weighted by Crippen LogP contribution is 2.27. The van der Waals surface area contributed by atoms with Crippen molar-refractivity contribution in [1.29, 1.82) is 0 Å². The van der Waals surface area contributed by atoms with Crippen LogP contribution in [0.15, 0.2) is 22.7 Å². The molecule has 2 atom stereocenters. The maximum atomic E-state index is 13.9. The Morgan fingerprint density at radius 1 is 1.58 bits per heavy atom. The van der Waals surface area contributed by atoms with E-state index in [0.717, 1.165) is 13.0 Å². The molecule has 0 amide bonds. The average Bonchev–Trinajstić information content (AvgIpc) is 2.37. The smallest absolute Gasteiger partial charge is 0.308 e. The van der Waals surface area contributed by atoms with Crippen molar-refractivity contribution >= 4 is 21.9 Å². The first-order valence-electron chi connectivity index (χ1n) is 6.40. The molecular weight excluding hydrogens is 313 g/mol. The van der Waals surface area contributed by atoms with E-state index in [0.29, 0.717) is 23.0 Å². The highest BCUT2D eigenvalue weighted by Gasteiger charge is 2.33. The number of hydrogen-bond acceptors (Lipinski definition) is 2. The Morgan fingerprint density at radius 3 is 3.00 bits per heavy atom. The molecule has 1 aromatic rings. The van der Waals surface area contributed by atoms with Gasteiger partial charge in [0.2, 0.25) is 0 Å². The van der Waals surface area contributed by atoms with Gasteiger partial charge in [0.1, 0.15) is 5.82 Å². The molecule has 1 aliphatic heterocycles. The summed E-state index contributed by atoms with van der Waals surface area (Å²) in [4.78, 5) is 13.2. The molecule has 2 rings (SSSR count). The van der Waals surface area contributed by atoms with Crippen LogP contribution in [0.5, 0.6) is 0 Å². The van der Waals surface area contributed by atoms with Gasteiger partial charge in [0.15, 0.2) is 0 Å². The van der Waals surface area contributed by atoms with Crippen molar-refractivity contribution < 1.29 is 14.3 Å². The second kappa shape index (κ2) is 6.01. The third-order valence-corrected chi connectivity index (χ3v) is 4.45. The third kappa shape index (κ3) is 3.15. The van der Waals surface area contributed by atoms with E-state index in [1.807, 2.05) is 11.8 Å². The maximum Gasteiger partial charge on any atom is 0.308 e. The number of rotatable bonds is 3. The summed E-state index contributed by atoms with van der Waals surface area (Å²) in [5.74, 6) is -1.37. The molecule has 1 heterocycles. The fraction of sp³-hybridized carbons (Fsp3) is 0.500. The van der Waals surface area contributed by atoms with E-state index in [1.165, 1.54) is 0 Å². The lowest BCUT2D eigenvalue weighted by molar-refractivity contribution is -0.145. The number of benzene rings is 1. The SMILES string of the molecule is C[C@@H]1[C@H](C(=O)O)CCCN1Cc1cccc(Br)c1F. The summed E-state index contributed by atoms with van der Waals surface area (Å²) < 4.78 is 14.4. The topological polar surface area (TPSA) is 40.5 Å². The van der Waals surface area contributed by atoms with Crippen LogP contribution in [0.1, 0.15) is 25.3 Å². The van der Waals surface area contributed by atoms with E-state index in [-0.39, 0.29) is 17.8 Å². The molecule has 0 spiro atoms. The molecule has 0 saturated carbocycles. The summed E-state index contributed by atoms with van der Waals surface area (Å²) in [6.07, 6.45) is 1.55. The zero-order chi connectivity index (χ0) is 14.0. The molecule has 1 aromatic carbocycles. The highest BCUT2D eigenvalue weighted by molar-refractivity contribution is 9.10. The van der Waals surface area contributed by atoms with Crippen LogP contribution in [-0.4, -0.2) is 28.6 Å². The van der Waals surface area contributed by atoms with Crippen LogP contribution in [-0.2, 0) is 11.3 Å². The lowest BCUT2D eigenvalue weighted by Crippen LogP contribution is -2.45. The summed E-state index contributed by atoms with van der Waals surface area (Å²) in [6.45, 7) is 3.18. The van der Waals surface area contributed by atoms with Crippen LogP contribution in [0.3, 0.4) is 0 Å². The molecule has 1 fully saturated rings. The Morgan fingerprint density at radius 2 is 2.32 bits per heavy atom. The molecule has 1 saturated heterocycles. The first-order valence-corrected chi connectivity index (χ1v) is 7.19. The zero-order valence-corrected chi connectivity index (χ0v) is 12.4. The van der Waals surface area contributed by atoms with Gasteiger partial charge in [0.25, 0.3) is 0 Å². The monoisotopic (exact) mass is 329 g/mol. The van der Waals surface area contributed by atoms with E-state index in [9.17, 15) is 14.3 Å². The van der Waals surface area contributed by atoms with Crippen LogP contribution < -0.4 is 0 Å². The standard InChI is InChI=1S/C14H17BrFNO2/c1-9-11(14(18)19)5-3-7-17(9)8-10-4-2-6-12(15)13(10)16/h2,4,6,9,11H,3,5,7-8H2,1H3,(H,18,19)/t9-,11-/m1/s1. The van der Waals surface area contributed by atoms with Gasteiger partial charge in [0, 0.05) is 18.2 Å². The van der Waals surface area contributed by atoms with E-state index in [1.54, 1.807) is 18.2 Å². The number of halogens is 2. The summed E-state index contributed by atoms with van der Waals surface area (Å²) in [7, 11) is 0. The Kier molecular flexibility index (Phi) is 4.58. The minimum Gasteiger partial charge on any atom is -0.481 e. The number of aliphatic carboxylic acids is 1. The quantitative estimate of drug-likeness (QED) is 0.925. The number of hydrogen-bond donors (Lipinski definition) is 1. The number of carboxylic acids is 1. The van der Waals surface area contributed by atoms with Gasteiger partial charge in [-0.1, -0.05) is 12.1 Å². The Hall–Kier alpha value is -0.940. The van der Waals surface area contributed by atoms with Gasteiger partial charge < -0.3 is 5.11 Å². The molecule has 3 nitrogen and oxygen atoms in total. The molecule has 104 valence electrons. The van der Waals surface area contributed by atoms with Crippen LogP contribution in [0.25, 0.3) is 0 Å². The molecule has 0 aromatic heterocycles. The van der Waals surface area contributed by atoms with Gasteiger partial charge in [-0.25, -0.2) is 4.39 Å². The summed E-state index contributed by atoms with van der Waals surface area (Å²) in [5, 5.41) is 9.18. The fourth-order valence-corrected chi connectivity index (χ4v) is 3.06. The molecule has 0 bridgehead atoms. The van der Waals surface area contributed by atoms with E-state index >= 15 is 0 Å². The molecule has 19 heavy (non-hydrogen) atoms. The summed E-state index contributed by atoms with van der Waals surface area (Å²) in [5.41, 5.74) is 0.604. The number of nitrogens with zero attached hydrogens (tertiary/aromatic N) is 1. The lowest BCUT2D eigenvalue weighted by atomic mass is 9.90. The van der Waals surface area contributed by atoms with Crippen molar-refractivity contribution in [2.75, 3.05) is 6.54 Å². The zero-order valence-electron chi connectivity index (χ0n) is 10.8. The molecule has 0 unspecified atom stereocenters. The highest BCUT2D eigenvalue weighted by atomic mass is 79.9. The molecule has 0 aliphatic carbocycles. The Balaban J connectivity index is 2.14. The van der Waals surface area contributed by atoms with E-state index in [2.05, 4.69) is 15.9 Å². The van der Waals surface area contributed by atoms with Crippen LogP contribution in [0.2, 0.25) is 0 Å². The largest absolute Gasteiger partial charge is 0.481 e. The summed E-state index contributed by atoms with van der Waals surface area (Å²) in [6, 6.07) is 5.14. The van der Waals surface area contributed by atoms with Crippen molar-refractivity contribution in [3.8, 4) is 0 Å². The Labute approximate surface area is 120 Å². The first kappa shape index (κ1) is 14.5. The molecule has 1 aliphatic rings. The molecular formula is C14H17BrFNO2. The van der Waals surface area contributed by atoms with Crippen LogP contribution in [0, 0.1) is 11.7 Å². The predicted octanol–water partition coefficient (Wildman–Crippen LogP) is 3.27. The van der Waals surface area contributed by atoms with Gasteiger partial charge in [0.05, 0.1) is 10.4 Å². The molecule has 1 N–H and O–H groups in total. The second-order valence-electron chi connectivity index (χ2n) is 5.01. The van der Waals surface area contributed by atoms with E-state index in [4.69, 9.17) is 0 Å². The normalized spacial score (nSPS) is 24.4. The van der Waals surface area contributed by atoms with Gasteiger partial charge in [-0.05, 0) is 48.3 Å². The van der Waals surface area contributed by atoms with Crippen molar-refractivity contribution in [3.63, 3.8) is 0 Å². The maximum absolute atomic E-state index is 13.9. The van der Waals surface area contributed by atoms with Gasteiger partial charge in [-0.3, -0.25) is 9.69 Å². The number of carboxylic acid groups (broad SMARTS) is 1. The minimum absolute atomic E-state index is 0.0652. The molecule has 0 radical (unpaired) electrons. The van der Waals surface area contributed by atoms with E-state index < -0.39 is 5.97 Å². The number of carbonyl (C=O) groups is 1. The van der Waals surface area contributed by atoms with Crippen LogP contribution >= 0.6 is 15.9 Å².